The average Bonchev–Trinajstić information content (AvgIpc) is 3.14. The van der Waals surface area contributed by atoms with Crippen molar-refractivity contribution in [1.29, 1.82) is 0 Å². The summed E-state index contributed by atoms with van der Waals surface area (Å²) in [7, 11) is -4.21. The summed E-state index contributed by atoms with van der Waals surface area (Å²) in [6.45, 7) is 0. The number of halogens is 2. The minimum Gasteiger partial charge on any atom is -0.269 e. The third-order valence-electron chi connectivity index (χ3n) is 5.66. The molecular formula is C19H20Cl2N2O4S. The molecule has 0 unspecified atom stereocenters. The van der Waals surface area contributed by atoms with Gasteiger partial charge in [-0.3, -0.25) is 9.36 Å². The Hall–Kier alpha value is -1.57. The van der Waals surface area contributed by atoms with Gasteiger partial charge in [-0.25, -0.2) is 13.2 Å². The predicted octanol–water partition coefficient (Wildman–Crippen LogP) is 3.55. The van der Waals surface area contributed by atoms with Crippen LogP contribution in [0.15, 0.2) is 32.7 Å². The minimum absolute atomic E-state index is 0.0908. The Morgan fingerprint density at radius 3 is 2.32 bits per heavy atom. The lowest BCUT2D eigenvalue weighted by molar-refractivity contribution is 0.333. The Morgan fingerprint density at radius 2 is 1.64 bits per heavy atom. The molecule has 6 nitrogen and oxygen atoms in total. The van der Waals surface area contributed by atoms with E-state index in [2.05, 4.69) is 0 Å². The molecular weight excluding hydrogens is 423 g/mol. The van der Waals surface area contributed by atoms with Gasteiger partial charge in [-0.05, 0) is 50.3 Å². The largest absolute Gasteiger partial charge is 0.345 e. The van der Waals surface area contributed by atoms with Crippen LogP contribution in [0.5, 0.6) is 0 Å². The third kappa shape index (κ3) is 3.13. The summed E-state index contributed by atoms with van der Waals surface area (Å²) in [6, 6.07) is 3.70. The summed E-state index contributed by atoms with van der Waals surface area (Å²) >= 11 is 11.9. The monoisotopic (exact) mass is 442 g/mol. The van der Waals surface area contributed by atoms with Gasteiger partial charge in [-0.15, -0.1) is 0 Å². The molecule has 2 aliphatic rings. The van der Waals surface area contributed by atoms with Crippen LogP contribution in [-0.4, -0.2) is 17.0 Å². The molecule has 1 aromatic carbocycles. The van der Waals surface area contributed by atoms with Crippen molar-refractivity contribution in [3.63, 3.8) is 0 Å². The van der Waals surface area contributed by atoms with E-state index in [0.29, 0.717) is 43.4 Å². The minimum atomic E-state index is -4.21. The van der Waals surface area contributed by atoms with E-state index >= 15 is 0 Å². The highest BCUT2D eigenvalue weighted by Gasteiger charge is 2.32. The Kier molecular flexibility index (Phi) is 5.18. The van der Waals surface area contributed by atoms with Crippen molar-refractivity contribution in [3.05, 3.63) is 60.3 Å². The quantitative estimate of drug-likeness (QED) is 0.727. The molecule has 0 bridgehead atoms. The molecule has 1 saturated carbocycles. The highest BCUT2D eigenvalue weighted by atomic mass is 35.5. The van der Waals surface area contributed by atoms with Crippen molar-refractivity contribution in [2.75, 3.05) is 0 Å². The van der Waals surface area contributed by atoms with Crippen LogP contribution < -0.4 is 11.2 Å². The van der Waals surface area contributed by atoms with Crippen LogP contribution in [0.1, 0.15) is 55.8 Å². The standard InChI is InChI=1S/C19H20Cl2N2O4S/c20-15-10-9-13(11-16(15)21)28(26,27)23-17-8-4-7-14(17)18(24)22(19(23)25)12-5-2-1-3-6-12/h9-12H,1-8H2. The van der Waals surface area contributed by atoms with E-state index in [1.54, 1.807) is 0 Å². The van der Waals surface area contributed by atoms with Gasteiger partial charge in [-0.1, -0.05) is 42.5 Å². The number of aromatic nitrogens is 2. The fourth-order valence-corrected chi connectivity index (χ4v) is 6.15. The maximum Gasteiger partial charge on any atom is 0.345 e. The van der Waals surface area contributed by atoms with Gasteiger partial charge in [-0.2, -0.15) is 3.97 Å². The van der Waals surface area contributed by atoms with E-state index in [1.165, 1.54) is 22.8 Å². The topological polar surface area (TPSA) is 78.1 Å². The number of rotatable bonds is 3. The van der Waals surface area contributed by atoms with Gasteiger partial charge >= 0.3 is 5.69 Å². The zero-order valence-electron chi connectivity index (χ0n) is 15.2. The fraction of sp³-hybridized carbons (Fsp3) is 0.474. The van der Waals surface area contributed by atoms with Crippen LogP contribution in [-0.2, 0) is 22.9 Å². The van der Waals surface area contributed by atoms with Gasteiger partial charge in [0.1, 0.15) is 0 Å². The average molecular weight is 443 g/mol. The molecule has 4 rings (SSSR count). The predicted molar refractivity (Wildman–Crippen MR) is 108 cm³/mol. The fourth-order valence-electron chi connectivity index (χ4n) is 4.28. The zero-order valence-corrected chi connectivity index (χ0v) is 17.5. The molecule has 2 aliphatic carbocycles. The van der Waals surface area contributed by atoms with Gasteiger partial charge in [0.05, 0.1) is 14.9 Å². The number of fused-ring (bicyclic) bond motifs is 1. The van der Waals surface area contributed by atoms with Crippen molar-refractivity contribution < 1.29 is 8.42 Å². The van der Waals surface area contributed by atoms with E-state index in [0.717, 1.165) is 23.2 Å². The highest BCUT2D eigenvalue weighted by Crippen LogP contribution is 2.29. The first-order valence-electron chi connectivity index (χ1n) is 9.42. The molecule has 1 aromatic heterocycles. The summed E-state index contributed by atoms with van der Waals surface area (Å²) in [5.41, 5.74) is -0.365. The normalized spacial score (nSPS) is 17.6. The molecule has 0 atom stereocenters. The van der Waals surface area contributed by atoms with Gasteiger partial charge in [0.2, 0.25) is 0 Å². The molecule has 9 heteroatoms. The SMILES string of the molecule is O=c1c2c(n(S(=O)(=O)c3ccc(Cl)c(Cl)c3)c(=O)n1C1CCCCC1)CCC2. The number of nitrogens with zero attached hydrogens (tertiary/aromatic N) is 2. The second-order valence-electron chi connectivity index (χ2n) is 7.37. The molecule has 0 amide bonds. The van der Waals surface area contributed by atoms with E-state index in [9.17, 15) is 18.0 Å². The van der Waals surface area contributed by atoms with E-state index in [4.69, 9.17) is 23.2 Å². The Bertz CT molecular complexity index is 1160. The number of hydrogen-bond acceptors (Lipinski definition) is 4. The Labute approximate surface area is 172 Å². The van der Waals surface area contributed by atoms with Gasteiger partial charge in [0, 0.05) is 17.3 Å². The summed E-state index contributed by atoms with van der Waals surface area (Å²) in [6.07, 6.45) is 5.84. The lowest BCUT2D eigenvalue weighted by atomic mass is 9.95. The lowest BCUT2D eigenvalue weighted by Gasteiger charge is -2.25. The third-order valence-corrected chi connectivity index (χ3v) is 8.11. The number of benzene rings is 1. The Balaban J connectivity index is 1.99. The molecule has 1 heterocycles. The molecule has 150 valence electrons. The van der Waals surface area contributed by atoms with Crippen LogP contribution in [0.3, 0.4) is 0 Å². The van der Waals surface area contributed by atoms with Gasteiger partial charge < -0.3 is 0 Å². The van der Waals surface area contributed by atoms with Crippen LogP contribution in [0, 0.1) is 0 Å². The van der Waals surface area contributed by atoms with Crippen molar-refractivity contribution in [1.82, 2.24) is 8.54 Å². The summed E-state index contributed by atoms with van der Waals surface area (Å²) in [5.74, 6) is 0. The van der Waals surface area contributed by atoms with Crippen LogP contribution in [0.2, 0.25) is 10.0 Å². The second kappa shape index (κ2) is 7.35. The number of hydrogen-bond donors (Lipinski definition) is 0. The first kappa shape index (κ1) is 19.7. The van der Waals surface area contributed by atoms with Crippen LogP contribution in [0.25, 0.3) is 0 Å². The van der Waals surface area contributed by atoms with Crippen molar-refractivity contribution in [2.45, 2.75) is 62.3 Å². The molecule has 0 N–H and O–H groups in total. The molecule has 0 saturated heterocycles. The van der Waals surface area contributed by atoms with Crippen molar-refractivity contribution in [3.8, 4) is 0 Å². The van der Waals surface area contributed by atoms with Gasteiger partial charge in [0.25, 0.3) is 15.6 Å². The maximum absolute atomic E-state index is 13.4. The van der Waals surface area contributed by atoms with Crippen LogP contribution >= 0.6 is 23.2 Å². The first-order valence-corrected chi connectivity index (χ1v) is 11.6. The van der Waals surface area contributed by atoms with Gasteiger partial charge in [0.15, 0.2) is 0 Å². The molecule has 28 heavy (non-hydrogen) atoms. The molecule has 1 fully saturated rings. The van der Waals surface area contributed by atoms with Crippen molar-refractivity contribution >= 4 is 33.2 Å². The molecule has 0 aliphatic heterocycles. The summed E-state index contributed by atoms with van der Waals surface area (Å²) in [5, 5.41) is 0.318. The summed E-state index contributed by atoms with van der Waals surface area (Å²) in [4.78, 5) is 26.2. The second-order valence-corrected chi connectivity index (χ2v) is 9.97. The lowest BCUT2D eigenvalue weighted by Crippen LogP contribution is -2.47. The first-order chi connectivity index (χ1) is 13.3. The molecule has 0 spiro atoms. The smallest absolute Gasteiger partial charge is 0.269 e. The maximum atomic E-state index is 13.4. The van der Waals surface area contributed by atoms with E-state index in [-0.39, 0.29) is 26.5 Å². The van der Waals surface area contributed by atoms with Crippen molar-refractivity contribution in [2.24, 2.45) is 0 Å². The highest BCUT2D eigenvalue weighted by molar-refractivity contribution is 7.90. The van der Waals surface area contributed by atoms with Crippen LogP contribution in [0.4, 0.5) is 0 Å². The molecule has 0 radical (unpaired) electrons. The van der Waals surface area contributed by atoms with E-state index < -0.39 is 15.7 Å². The molecule has 2 aromatic rings. The van der Waals surface area contributed by atoms with E-state index in [1.807, 2.05) is 0 Å². The summed E-state index contributed by atoms with van der Waals surface area (Å²) < 4.78 is 28.7. The Morgan fingerprint density at radius 1 is 0.929 bits per heavy atom. The zero-order chi connectivity index (χ0) is 20.1.